The van der Waals surface area contributed by atoms with Gasteiger partial charge in [-0.1, -0.05) is 172 Å². The first kappa shape index (κ1) is 60.5. The Kier molecular flexibility index (Phi) is 36.3. The predicted octanol–water partition coefficient (Wildman–Crippen LogP) is 9.76. The van der Waals surface area contributed by atoms with Crippen molar-refractivity contribution in [3.05, 3.63) is 48.6 Å². The molecule has 0 radical (unpaired) electrons. The van der Waals surface area contributed by atoms with Gasteiger partial charge in [0, 0.05) is 13.0 Å². The van der Waals surface area contributed by atoms with E-state index in [0.717, 1.165) is 51.4 Å². The molecule has 0 aromatic carbocycles. The molecule has 0 saturated heterocycles. The molecule has 7 N–H and O–H groups in total. The van der Waals surface area contributed by atoms with Gasteiger partial charge >= 0.3 is 21.6 Å². The summed E-state index contributed by atoms with van der Waals surface area (Å²) in [6.45, 7) is 3.94. The Balaban J connectivity index is 2.56. The Hall–Kier alpha value is -1.55. The van der Waals surface area contributed by atoms with Crippen molar-refractivity contribution >= 4 is 21.6 Å². The van der Waals surface area contributed by atoms with Crippen LogP contribution in [-0.4, -0.2) is 104 Å². The molecule has 1 saturated carbocycles. The summed E-state index contributed by atoms with van der Waals surface area (Å²) in [4.78, 5) is 41.7. The molecule has 1 aliphatic rings. The molecule has 1 unspecified atom stereocenters. The number of unbranched alkanes of at least 4 members (excludes halogenated alkanes) is 19. The maximum absolute atomic E-state index is 13.0. The zero-order chi connectivity index (χ0) is 47.3. The van der Waals surface area contributed by atoms with E-state index in [9.17, 15) is 49.0 Å². The highest BCUT2D eigenvalue weighted by Crippen LogP contribution is 2.49. The number of phosphoric acid groups is 2. The number of allylic oxidation sites excluding steroid dienone is 8. The summed E-state index contributed by atoms with van der Waals surface area (Å²) < 4.78 is 50.0. The fourth-order valence-corrected chi connectivity index (χ4v) is 8.74. The van der Waals surface area contributed by atoms with E-state index in [1.54, 1.807) is 0 Å². The van der Waals surface area contributed by atoms with Crippen molar-refractivity contribution in [2.24, 2.45) is 0 Å². The van der Waals surface area contributed by atoms with Crippen LogP contribution in [0.2, 0.25) is 0 Å². The maximum atomic E-state index is 13.0. The Morgan fingerprint density at radius 1 is 0.516 bits per heavy atom. The van der Waals surface area contributed by atoms with Gasteiger partial charge in [0.2, 0.25) is 0 Å². The molecule has 17 heteroatoms. The van der Waals surface area contributed by atoms with Crippen LogP contribution in [0.1, 0.15) is 181 Å². The quantitative estimate of drug-likeness (QED) is 0.0131. The van der Waals surface area contributed by atoms with Gasteiger partial charge in [0.05, 0.1) is 13.2 Å². The summed E-state index contributed by atoms with van der Waals surface area (Å²) in [6, 6.07) is 0. The number of ether oxygens (including phenoxy) is 2. The summed E-state index contributed by atoms with van der Waals surface area (Å²) >= 11 is 0. The van der Waals surface area contributed by atoms with Crippen LogP contribution in [0.4, 0.5) is 0 Å². The minimum absolute atomic E-state index is 0.0581. The number of aliphatic hydroxyl groups excluding tert-OH is 4. The molecule has 15 nitrogen and oxygen atoms in total. The molecule has 8 atom stereocenters. The fourth-order valence-electron chi connectivity index (χ4n) is 7.20. The van der Waals surface area contributed by atoms with Crippen LogP contribution in [0, 0.1) is 0 Å². The lowest BCUT2D eigenvalue weighted by Crippen LogP contribution is -2.64. The lowest BCUT2D eigenvalue weighted by molar-refractivity contribution is -0.216. The second-order valence-corrected chi connectivity index (χ2v) is 19.4. The Morgan fingerprint density at radius 3 is 1.42 bits per heavy atom. The lowest BCUT2D eigenvalue weighted by atomic mass is 9.85. The number of carbonyl (C=O) groups excluding carboxylic acids is 1. The molecule has 64 heavy (non-hydrogen) atoms. The van der Waals surface area contributed by atoms with Crippen LogP contribution in [0.25, 0.3) is 0 Å². The van der Waals surface area contributed by atoms with Gasteiger partial charge in [-0.2, -0.15) is 0 Å². The SMILES string of the molecule is CCCCC/C=C\C/C=C\C/C=C\C/C=C\CCCC(=O)O[C@H](COCCCCCCCCCCCCCCCCCC)COP(=O)(O)O[C@@H]1[C@@H](O)[C@H](OP(=O)(O)O)[C@@H](O)[C@@H](O)[C@H]1O. The van der Waals surface area contributed by atoms with Crippen LogP contribution in [0.3, 0.4) is 0 Å². The average molecular weight is 953 g/mol. The maximum Gasteiger partial charge on any atom is 0.472 e. The monoisotopic (exact) mass is 953 g/mol. The van der Waals surface area contributed by atoms with Crippen molar-refractivity contribution in [3.63, 3.8) is 0 Å². The van der Waals surface area contributed by atoms with Gasteiger partial charge in [0.25, 0.3) is 0 Å². The van der Waals surface area contributed by atoms with Gasteiger partial charge < -0.3 is 44.6 Å². The largest absolute Gasteiger partial charge is 0.472 e. The number of hydrogen-bond donors (Lipinski definition) is 7. The molecular weight excluding hydrogens is 866 g/mol. The molecule has 0 amide bonds. The van der Waals surface area contributed by atoms with E-state index in [2.05, 4.69) is 54.8 Å². The van der Waals surface area contributed by atoms with E-state index in [1.165, 1.54) is 96.3 Å². The summed E-state index contributed by atoms with van der Waals surface area (Å²) in [6.07, 6.45) is 30.9. The summed E-state index contributed by atoms with van der Waals surface area (Å²) in [7, 11) is -10.6. The Morgan fingerprint density at radius 2 is 0.938 bits per heavy atom. The number of carbonyl (C=O) groups is 1. The van der Waals surface area contributed by atoms with Gasteiger partial charge in [-0.05, 0) is 51.4 Å². The Bertz CT molecular complexity index is 1370. The van der Waals surface area contributed by atoms with E-state index >= 15 is 0 Å². The average Bonchev–Trinajstić information content (AvgIpc) is 3.25. The van der Waals surface area contributed by atoms with Crippen LogP contribution < -0.4 is 0 Å². The van der Waals surface area contributed by atoms with Gasteiger partial charge in [-0.15, -0.1) is 0 Å². The third-order valence-electron chi connectivity index (χ3n) is 10.9. The summed E-state index contributed by atoms with van der Waals surface area (Å²) in [5.41, 5.74) is 0. The highest BCUT2D eigenvalue weighted by atomic mass is 31.2. The highest BCUT2D eigenvalue weighted by molar-refractivity contribution is 7.47. The van der Waals surface area contributed by atoms with Crippen LogP contribution in [0.15, 0.2) is 48.6 Å². The standard InChI is InChI=1S/C47H86O15P2/c1-3-5-7-9-11-13-15-17-19-21-22-24-26-28-30-32-34-36-41(48)60-40(38-58-37-35-33-31-29-27-25-23-20-18-16-14-12-10-8-6-4-2)39-59-64(56,57)62-47-44(51)42(49)43(50)46(45(47)52)61-63(53,54)55/h11,13,17,19,22,24,28,30,40,42-47,49-52H,3-10,12,14-16,18,20-21,23,25-27,29,31-39H2,1-2H3,(H,56,57)(H2,53,54,55)/b13-11-,19-17-,24-22-,30-28-/t40-,42-,43+,44-,45+,46-,47+/m1/s1. The second kappa shape index (κ2) is 38.4. The van der Waals surface area contributed by atoms with E-state index in [-0.39, 0.29) is 13.0 Å². The molecule has 0 aliphatic heterocycles. The molecule has 0 bridgehead atoms. The number of aliphatic hydroxyl groups is 4. The van der Waals surface area contributed by atoms with E-state index in [4.69, 9.17) is 18.5 Å². The van der Waals surface area contributed by atoms with Crippen molar-refractivity contribution < 1.29 is 72.1 Å². The highest BCUT2D eigenvalue weighted by Gasteiger charge is 2.54. The zero-order valence-electron chi connectivity index (χ0n) is 39.0. The minimum atomic E-state index is -5.34. The molecule has 0 spiro atoms. The predicted molar refractivity (Wildman–Crippen MR) is 250 cm³/mol. The number of rotatable bonds is 41. The molecule has 374 valence electrons. The molecule has 1 fully saturated rings. The third-order valence-corrected chi connectivity index (χ3v) is 12.4. The van der Waals surface area contributed by atoms with Crippen molar-refractivity contribution in [2.45, 2.75) is 224 Å². The Labute approximate surface area is 384 Å². The number of phosphoric ester groups is 2. The van der Waals surface area contributed by atoms with Gasteiger partial charge in [0.1, 0.15) is 42.7 Å². The van der Waals surface area contributed by atoms with Crippen molar-refractivity contribution in [1.82, 2.24) is 0 Å². The number of hydrogen-bond acceptors (Lipinski definition) is 12. The molecule has 0 aromatic rings. The summed E-state index contributed by atoms with van der Waals surface area (Å²) in [5.74, 6) is -0.586. The molecule has 0 aromatic heterocycles. The fraction of sp³-hybridized carbons (Fsp3) is 0.809. The molecule has 1 rings (SSSR count). The van der Waals surface area contributed by atoms with Crippen molar-refractivity contribution in [2.75, 3.05) is 19.8 Å². The number of esters is 1. The second-order valence-electron chi connectivity index (χ2n) is 16.8. The first-order valence-corrected chi connectivity index (χ1v) is 27.2. The molecule has 0 heterocycles. The van der Waals surface area contributed by atoms with Crippen molar-refractivity contribution in [3.8, 4) is 0 Å². The topological polar surface area (TPSA) is 239 Å². The summed E-state index contributed by atoms with van der Waals surface area (Å²) in [5, 5.41) is 41.3. The zero-order valence-corrected chi connectivity index (χ0v) is 40.7. The lowest BCUT2D eigenvalue weighted by Gasteiger charge is -2.43. The first-order valence-electron chi connectivity index (χ1n) is 24.2. The first-order chi connectivity index (χ1) is 30.7. The molecule has 1 aliphatic carbocycles. The minimum Gasteiger partial charge on any atom is -0.457 e. The van der Waals surface area contributed by atoms with Gasteiger partial charge in [-0.3, -0.25) is 18.4 Å². The molecular formula is C47H86O15P2. The third kappa shape index (κ3) is 32.2. The van der Waals surface area contributed by atoms with Crippen LogP contribution in [-0.2, 0) is 37.0 Å². The van der Waals surface area contributed by atoms with Gasteiger partial charge in [0.15, 0.2) is 0 Å². The van der Waals surface area contributed by atoms with Crippen LogP contribution >= 0.6 is 15.6 Å². The smallest absolute Gasteiger partial charge is 0.457 e. The van der Waals surface area contributed by atoms with Crippen molar-refractivity contribution in [1.29, 1.82) is 0 Å². The van der Waals surface area contributed by atoms with E-state index in [1.807, 2.05) is 12.2 Å². The van der Waals surface area contributed by atoms with Crippen LogP contribution in [0.5, 0.6) is 0 Å². The van der Waals surface area contributed by atoms with E-state index < -0.39 is 70.9 Å². The normalized spacial score (nSPS) is 22.3. The van der Waals surface area contributed by atoms with E-state index in [0.29, 0.717) is 19.4 Å². The van der Waals surface area contributed by atoms with Gasteiger partial charge in [-0.25, -0.2) is 9.13 Å².